The molecule has 2 aromatic heterocycles. The Morgan fingerprint density at radius 2 is 2.35 bits per heavy atom. The molecule has 2 aromatic rings. The zero-order chi connectivity index (χ0) is 13.9. The number of thiophene rings is 1. The largest absolute Gasteiger partial charge is 0.464 e. The first kappa shape index (κ1) is 13.8. The fourth-order valence-corrected chi connectivity index (χ4v) is 4.19. The molecule has 0 aliphatic carbocycles. The van der Waals surface area contributed by atoms with Crippen LogP contribution in [0.1, 0.15) is 22.4 Å². The Labute approximate surface area is 127 Å². The van der Waals surface area contributed by atoms with E-state index < -0.39 is 0 Å². The molecule has 0 radical (unpaired) electrons. The zero-order valence-electron chi connectivity index (χ0n) is 11.4. The Morgan fingerprint density at radius 1 is 1.45 bits per heavy atom. The maximum absolute atomic E-state index is 12.5. The molecule has 1 amide bonds. The van der Waals surface area contributed by atoms with Crippen LogP contribution in [0.3, 0.4) is 0 Å². The zero-order valence-corrected chi connectivity index (χ0v) is 13.0. The molecule has 0 aromatic carbocycles. The molecule has 3 rings (SSSR count). The molecule has 3 nitrogen and oxygen atoms in total. The highest BCUT2D eigenvalue weighted by Gasteiger charge is 2.30. The van der Waals surface area contributed by atoms with Gasteiger partial charge < -0.3 is 9.32 Å². The minimum absolute atomic E-state index is 0.0786. The maximum atomic E-state index is 12.5. The van der Waals surface area contributed by atoms with Gasteiger partial charge in [0.05, 0.1) is 12.5 Å². The molecular weight excluding hydrogens is 290 g/mol. The molecule has 1 aliphatic rings. The minimum atomic E-state index is 0.0786. The van der Waals surface area contributed by atoms with Crippen molar-refractivity contribution in [3.63, 3.8) is 0 Å². The highest BCUT2D eigenvalue weighted by atomic mass is 32.2. The number of aryl methyl sites for hydroxylation is 1. The molecular formula is C15H17NO2S2. The van der Waals surface area contributed by atoms with Crippen molar-refractivity contribution in [2.24, 2.45) is 0 Å². The average Bonchev–Trinajstić information content (AvgIpc) is 3.10. The van der Waals surface area contributed by atoms with Gasteiger partial charge in [-0.3, -0.25) is 4.79 Å². The Hall–Kier alpha value is -1.20. The smallest absolute Gasteiger partial charge is 0.228 e. The first-order chi connectivity index (χ1) is 9.74. The number of furan rings is 1. The number of carbonyl (C=O) groups excluding carboxylic acids is 1. The normalized spacial score (nSPS) is 19.2. The van der Waals surface area contributed by atoms with Crippen molar-refractivity contribution in [2.45, 2.75) is 19.4 Å². The number of carbonyl (C=O) groups is 1. The molecule has 106 valence electrons. The summed E-state index contributed by atoms with van der Waals surface area (Å²) in [5.74, 6) is 3.94. The lowest BCUT2D eigenvalue weighted by atomic mass is 10.2. The third-order valence-electron chi connectivity index (χ3n) is 3.44. The lowest BCUT2D eigenvalue weighted by Crippen LogP contribution is -2.41. The summed E-state index contributed by atoms with van der Waals surface area (Å²) in [5, 5.41) is 2.02. The second-order valence-corrected chi connectivity index (χ2v) is 7.06. The van der Waals surface area contributed by atoms with Crippen molar-refractivity contribution in [1.82, 2.24) is 4.90 Å². The predicted molar refractivity (Wildman–Crippen MR) is 83.2 cm³/mol. The van der Waals surface area contributed by atoms with Gasteiger partial charge in [-0.15, -0.1) is 11.3 Å². The average molecular weight is 307 g/mol. The number of thioether (sulfide) groups is 1. The van der Waals surface area contributed by atoms with Crippen LogP contribution in [-0.4, -0.2) is 28.9 Å². The van der Waals surface area contributed by atoms with E-state index in [1.54, 1.807) is 11.3 Å². The van der Waals surface area contributed by atoms with Crippen LogP contribution >= 0.6 is 23.1 Å². The third-order valence-corrected chi connectivity index (χ3v) is 5.34. The summed E-state index contributed by atoms with van der Waals surface area (Å²) in [4.78, 5) is 15.6. The molecule has 5 heteroatoms. The fraction of sp³-hybridized carbons (Fsp3) is 0.400. The Kier molecular flexibility index (Phi) is 4.17. The SMILES string of the molecule is Cc1ccc(C2CSCCN2C(=O)Cc2cccs2)o1. The summed E-state index contributed by atoms with van der Waals surface area (Å²) < 4.78 is 5.73. The highest BCUT2D eigenvalue weighted by Crippen LogP contribution is 2.31. The van der Waals surface area contributed by atoms with E-state index in [9.17, 15) is 4.79 Å². The van der Waals surface area contributed by atoms with Gasteiger partial charge in [0, 0.05) is 22.9 Å². The molecule has 0 spiro atoms. The van der Waals surface area contributed by atoms with Gasteiger partial charge in [0.2, 0.25) is 5.91 Å². The second kappa shape index (κ2) is 6.06. The van der Waals surface area contributed by atoms with Crippen LogP contribution in [0.15, 0.2) is 34.1 Å². The highest BCUT2D eigenvalue weighted by molar-refractivity contribution is 7.99. The summed E-state index contributed by atoms with van der Waals surface area (Å²) in [6, 6.07) is 8.06. The van der Waals surface area contributed by atoms with Crippen molar-refractivity contribution in [2.75, 3.05) is 18.1 Å². The van der Waals surface area contributed by atoms with E-state index in [1.165, 1.54) is 0 Å². The van der Waals surface area contributed by atoms with Crippen LogP contribution < -0.4 is 0 Å². The predicted octanol–water partition coefficient (Wildman–Crippen LogP) is 3.51. The molecule has 0 saturated carbocycles. The first-order valence-electron chi connectivity index (χ1n) is 6.70. The van der Waals surface area contributed by atoms with Gasteiger partial charge in [-0.1, -0.05) is 6.07 Å². The molecule has 0 N–H and O–H groups in total. The molecule has 1 fully saturated rings. The van der Waals surface area contributed by atoms with Gasteiger partial charge in [-0.2, -0.15) is 11.8 Å². The number of hydrogen-bond donors (Lipinski definition) is 0. The van der Waals surface area contributed by atoms with E-state index in [0.717, 1.165) is 34.4 Å². The van der Waals surface area contributed by atoms with Gasteiger partial charge in [0.25, 0.3) is 0 Å². The van der Waals surface area contributed by atoms with E-state index in [1.807, 2.05) is 53.2 Å². The summed E-state index contributed by atoms with van der Waals surface area (Å²) in [6.07, 6.45) is 0.499. The Morgan fingerprint density at radius 3 is 3.05 bits per heavy atom. The summed E-state index contributed by atoms with van der Waals surface area (Å²) in [7, 11) is 0. The monoisotopic (exact) mass is 307 g/mol. The molecule has 1 unspecified atom stereocenters. The topological polar surface area (TPSA) is 33.5 Å². The van der Waals surface area contributed by atoms with E-state index in [0.29, 0.717) is 6.42 Å². The summed E-state index contributed by atoms with van der Waals surface area (Å²) >= 11 is 3.53. The number of amides is 1. The van der Waals surface area contributed by atoms with Crippen LogP contribution in [0.25, 0.3) is 0 Å². The summed E-state index contributed by atoms with van der Waals surface area (Å²) in [5.41, 5.74) is 0. The van der Waals surface area contributed by atoms with Crippen LogP contribution in [-0.2, 0) is 11.2 Å². The summed E-state index contributed by atoms with van der Waals surface area (Å²) in [6.45, 7) is 2.75. The van der Waals surface area contributed by atoms with Gasteiger partial charge in [-0.25, -0.2) is 0 Å². The number of rotatable bonds is 3. The fourth-order valence-electron chi connectivity index (χ4n) is 2.43. The van der Waals surface area contributed by atoms with E-state index in [-0.39, 0.29) is 11.9 Å². The van der Waals surface area contributed by atoms with Gasteiger partial charge in [0.1, 0.15) is 11.5 Å². The Bertz CT molecular complexity index is 576. The molecule has 3 heterocycles. The second-order valence-electron chi connectivity index (χ2n) is 4.88. The van der Waals surface area contributed by atoms with Crippen molar-refractivity contribution in [3.05, 3.63) is 46.0 Å². The molecule has 1 aliphatic heterocycles. The maximum Gasteiger partial charge on any atom is 0.228 e. The lowest BCUT2D eigenvalue weighted by Gasteiger charge is -2.34. The quantitative estimate of drug-likeness (QED) is 0.870. The molecule has 20 heavy (non-hydrogen) atoms. The Balaban J connectivity index is 1.76. The van der Waals surface area contributed by atoms with E-state index in [2.05, 4.69) is 0 Å². The van der Waals surface area contributed by atoms with Crippen LogP contribution in [0, 0.1) is 6.92 Å². The molecule has 1 atom stereocenters. The standard InChI is InChI=1S/C15H17NO2S2/c1-11-4-5-14(18-11)13-10-19-8-6-16(13)15(17)9-12-3-2-7-20-12/h2-5,7,13H,6,8-10H2,1H3. The van der Waals surface area contributed by atoms with Gasteiger partial charge in [-0.05, 0) is 30.5 Å². The third kappa shape index (κ3) is 2.94. The number of nitrogens with zero attached hydrogens (tertiary/aromatic N) is 1. The molecule has 0 bridgehead atoms. The van der Waals surface area contributed by atoms with Crippen molar-refractivity contribution in [1.29, 1.82) is 0 Å². The van der Waals surface area contributed by atoms with Crippen molar-refractivity contribution in [3.8, 4) is 0 Å². The first-order valence-corrected chi connectivity index (χ1v) is 8.73. The van der Waals surface area contributed by atoms with Crippen LogP contribution in [0.5, 0.6) is 0 Å². The number of hydrogen-bond acceptors (Lipinski definition) is 4. The van der Waals surface area contributed by atoms with Gasteiger partial charge in [0.15, 0.2) is 0 Å². The minimum Gasteiger partial charge on any atom is -0.464 e. The lowest BCUT2D eigenvalue weighted by molar-refractivity contribution is -0.132. The van der Waals surface area contributed by atoms with E-state index >= 15 is 0 Å². The van der Waals surface area contributed by atoms with Crippen molar-refractivity contribution < 1.29 is 9.21 Å². The van der Waals surface area contributed by atoms with E-state index in [4.69, 9.17) is 4.42 Å². The van der Waals surface area contributed by atoms with Crippen molar-refractivity contribution >= 4 is 29.0 Å². The van der Waals surface area contributed by atoms with Gasteiger partial charge >= 0.3 is 0 Å². The van der Waals surface area contributed by atoms with Crippen LogP contribution in [0.4, 0.5) is 0 Å². The van der Waals surface area contributed by atoms with Crippen LogP contribution in [0.2, 0.25) is 0 Å². The molecule has 1 saturated heterocycles.